The van der Waals surface area contributed by atoms with Gasteiger partial charge in [0.25, 0.3) is 0 Å². The zero-order valence-electron chi connectivity index (χ0n) is 10.9. The second-order valence-corrected chi connectivity index (χ2v) is 4.44. The van der Waals surface area contributed by atoms with Gasteiger partial charge in [-0.3, -0.25) is 9.69 Å². The van der Waals surface area contributed by atoms with E-state index in [0.717, 1.165) is 13.1 Å². The van der Waals surface area contributed by atoms with E-state index < -0.39 is 0 Å². The Kier molecular flexibility index (Phi) is 7.57. The van der Waals surface area contributed by atoms with Crippen LogP contribution in [0.4, 0.5) is 0 Å². The number of likely N-dealkylation sites (N-methyl/N-ethyl adjacent to an activating group) is 2. The van der Waals surface area contributed by atoms with E-state index in [1.54, 1.807) is 11.9 Å². The molecule has 0 rings (SSSR count). The first-order valence-electron chi connectivity index (χ1n) is 5.84. The summed E-state index contributed by atoms with van der Waals surface area (Å²) < 4.78 is 0. The Morgan fingerprint density at radius 1 is 1.44 bits per heavy atom. The van der Waals surface area contributed by atoms with E-state index in [2.05, 4.69) is 25.7 Å². The standard InChI is InChI=1S/C12H23N3O/c1-5-15(9-11(2)3)10-12(16)14(4)8-6-7-13/h11H,5-6,8-10H2,1-4H3. The lowest BCUT2D eigenvalue weighted by Crippen LogP contribution is -2.40. The molecule has 0 spiro atoms. The van der Waals surface area contributed by atoms with Crippen LogP contribution in [-0.2, 0) is 4.79 Å². The number of hydrogen-bond acceptors (Lipinski definition) is 3. The fourth-order valence-corrected chi connectivity index (χ4v) is 1.48. The Balaban J connectivity index is 4.04. The van der Waals surface area contributed by atoms with Crippen molar-refractivity contribution in [2.45, 2.75) is 27.2 Å². The molecule has 0 atom stereocenters. The minimum Gasteiger partial charge on any atom is -0.344 e. The fraction of sp³-hybridized carbons (Fsp3) is 0.833. The third kappa shape index (κ3) is 6.41. The summed E-state index contributed by atoms with van der Waals surface area (Å²) >= 11 is 0. The van der Waals surface area contributed by atoms with E-state index in [1.807, 2.05) is 6.07 Å². The molecule has 0 aromatic heterocycles. The Labute approximate surface area is 98.8 Å². The van der Waals surface area contributed by atoms with Gasteiger partial charge >= 0.3 is 0 Å². The van der Waals surface area contributed by atoms with Gasteiger partial charge in [-0.1, -0.05) is 20.8 Å². The molecule has 0 aliphatic rings. The highest BCUT2D eigenvalue weighted by molar-refractivity contribution is 5.77. The topological polar surface area (TPSA) is 47.3 Å². The van der Waals surface area contributed by atoms with Crippen molar-refractivity contribution in [2.24, 2.45) is 5.92 Å². The van der Waals surface area contributed by atoms with Crippen LogP contribution < -0.4 is 0 Å². The molecule has 0 aliphatic heterocycles. The lowest BCUT2D eigenvalue weighted by molar-refractivity contribution is -0.131. The van der Waals surface area contributed by atoms with Crippen molar-refractivity contribution in [2.75, 3.05) is 33.2 Å². The number of rotatable bonds is 7. The first-order valence-corrected chi connectivity index (χ1v) is 5.84. The molecule has 0 aromatic carbocycles. The monoisotopic (exact) mass is 225 g/mol. The minimum absolute atomic E-state index is 0.0951. The molecule has 0 unspecified atom stereocenters. The zero-order valence-corrected chi connectivity index (χ0v) is 10.9. The molecule has 4 nitrogen and oxygen atoms in total. The van der Waals surface area contributed by atoms with Gasteiger partial charge in [0.2, 0.25) is 5.91 Å². The molecule has 0 bridgehead atoms. The normalized spacial score (nSPS) is 10.6. The molecule has 16 heavy (non-hydrogen) atoms. The van der Waals surface area contributed by atoms with Gasteiger partial charge < -0.3 is 4.90 Å². The lowest BCUT2D eigenvalue weighted by Gasteiger charge is -2.24. The third-order valence-electron chi connectivity index (χ3n) is 2.41. The van der Waals surface area contributed by atoms with E-state index in [4.69, 9.17) is 5.26 Å². The van der Waals surface area contributed by atoms with Crippen LogP contribution >= 0.6 is 0 Å². The largest absolute Gasteiger partial charge is 0.344 e. The second-order valence-electron chi connectivity index (χ2n) is 4.44. The highest BCUT2D eigenvalue weighted by Gasteiger charge is 2.13. The van der Waals surface area contributed by atoms with Crippen LogP contribution in [0.5, 0.6) is 0 Å². The molecule has 0 saturated carbocycles. The average molecular weight is 225 g/mol. The maximum Gasteiger partial charge on any atom is 0.236 e. The Morgan fingerprint density at radius 3 is 2.50 bits per heavy atom. The van der Waals surface area contributed by atoms with Gasteiger partial charge in [-0.25, -0.2) is 0 Å². The number of carbonyl (C=O) groups excluding carboxylic acids is 1. The van der Waals surface area contributed by atoms with Crippen LogP contribution in [0.2, 0.25) is 0 Å². The van der Waals surface area contributed by atoms with Crippen LogP contribution in [0, 0.1) is 17.2 Å². The summed E-state index contributed by atoms with van der Waals surface area (Å²) in [5.74, 6) is 0.662. The van der Waals surface area contributed by atoms with Gasteiger partial charge in [0.15, 0.2) is 0 Å². The van der Waals surface area contributed by atoms with Crippen molar-refractivity contribution in [1.82, 2.24) is 9.80 Å². The summed E-state index contributed by atoms with van der Waals surface area (Å²) in [4.78, 5) is 15.5. The second kappa shape index (κ2) is 8.12. The Bertz CT molecular complexity index is 245. The predicted molar refractivity (Wildman–Crippen MR) is 64.8 cm³/mol. The van der Waals surface area contributed by atoms with E-state index in [1.165, 1.54) is 0 Å². The molecule has 0 aromatic rings. The molecule has 92 valence electrons. The quantitative estimate of drug-likeness (QED) is 0.657. The van der Waals surface area contributed by atoms with Crippen molar-refractivity contribution >= 4 is 5.91 Å². The molecule has 0 fully saturated rings. The molecular weight excluding hydrogens is 202 g/mol. The molecule has 0 radical (unpaired) electrons. The maximum atomic E-state index is 11.8. The molecular formula is C12H23N3O. The van der Waals surface area contributed by atoms with Crippen molar-refractivity contribution in [3.8, 4) is 6.07 Å². The average Bonchev–Trinajstić information content (AvgIpc) is 2.23. The number of amides is 1. The number of nitriles is 1. The smallest absolute Gasteiger partial charge is 0.236 e. The van der Waals surface area contributed by atoms with Gasteiger partial charge in [-0.05, 0) is 12.5 Å². The van der Waals surface area contributed by atoms with Crippen LogP contribution in [0.1, 0.15) is 27.2 Å². The van der Waals surface area contributed by atoms with Crippen molar-refractivity contribution in [3.05, 3.63) is 0 Å². The first kappa shape index (κ1) is 14.9. The Hall–Kier alpha value is -1.08. The highest BCUT2D eigenvalue weighted by Crippen LogP contribution is 1.99. The van der Waals surface area contributed by atoms with Crippen LogP contribution in [0.25, 0.3) is 0 Å². The molecule has 0 aliphatic carbocycles. The van der Waals surface area contributed by atoms with E-state index in [9.17, 15) is 4.79 Å². The summed E-state index contributed by atoms with van der Waals surface area (Å²) in [6.45, 7) is 9.15. The molecule has 1 amide bonds. The molecule has 4 heteroatoms. The number of hydrogen-bond donors (Lipinski definition) is 0. The minimum atomic E-state index is 0.0951. The van der Waals surface area contributed by atoms with Gasteiger partial charge in [0, 0.05) is 20.1 Å². The third-order valence-corrected chi connectivity index (χ3v) is 2.41. The zero-order chi connectivity index (χ0) is 12.6. The van der Waals surface area contributed by atoms with E-state index in [-0.39, 0.29) is 5.91 Å². The highest BCUT2D eigenvalue weighted by atomic mass is 16.2. The van der Waals surface area contributed by atoms with Gasteiger partial charge in [-0.15, -0.1) is 0 Å². The van der Waals surface area contributed by atoms with Gasteiger partial charge in [-0.2, -0.15) is 5.26 Å². The maximum absolute atomic E-state index is 11.8. The van der Waals surface area contributed by atoms with Crippen molar-refractivity contribution in [1.29, 1.82) is 5.26 Å². The summed E-state index contributed by atoms with van der Waals surface area (Å²) in [6.07, 6.45) is 0.401. The van der Waals surface area contributed by atoms with E-state index in [0.29, 0.717) is 25.4 Å². The Morgan fingerprint density at radius 2 is 2.06 bits per heavy atom. The van der Waals surface area contributed by atoms with E-state index >= 15 is 0 Å². The summed E-state index contributed by atoms with van der Waals surface area (Å²) in [5, 5.41) is 8.45. The van der Waals surface area contributed by atoms with Gasteiger partial charge in [0.05, 0.1) is 19.0 Å². The summed E-state index contributed by atoms with van der Waals surface area (Å²) in [7, 11) is 1.75. The number of nitrogens with zero attached hydrogens (tertiary/aromatic N) is 3. The fourth-order valence-electron chi connectivity index (χ4n) is 1.48. The van der Waals surface area contributed by atoms with Crippen molar-refractivity contribution < 1.29 is 4.79 Å². The van der Waals surface area contributed by atoms with Gasteiger partial charge in [0.1, 0.15) is 0 Å². The molecule has 0 saturated heterocycles. The number of carbonyl (C=O) groups is 1. The van der Waals surface area contributed by atoms with Crippen LogP contribution in [0.15, 0.2) is 0 Å². The molecule has 0 N–H and O–H groups in total. The lowest BCUT2D eigenvalue weighted by atomic mass is 10.2. The summed E-state index contributed by atoms with van der Waals surface area (Å²) in [5.41, 5.74) is 0. The summed E-state index contributed by atoms with van der Waals surface area (Å²) in [6, 6.07) is 2.05. The predicted octanol–water partition coefficient (Wildman–Crippen LogP) is 1.34. The SMILES string of the molecule is CCN(CC(=O)N(C)CCC#N)CC(C)C. The van der Waals surface area contributed by atoms with Crippen LogP contribution in [-0.4, -0.2) is 48.9 Å². The first-order chi connectivity index (χ1) is 7.51. The van der Waals surface area contributed by atoms with Crippen molar-refractivity contribution in [3.63, 3.8) is 0 Å². The molecule has 0 heterocycles. The van der Waals surface area contributed by atoms with Crippen LogP contribution in [0.3, 0.4) is 0 Å².